The van der Waals surface area contributed by atoms with E-state index in [0.717, 1.165) is 24.8 Å². The Morgan fingerprint density at radius 2 is 1.78 bits per heavy atom. The first-order valence-electron chi connectivity index (χ1n) is 14.5. The maximum Gasteiger partial charge on any atom is 0.416 e. The van der Waals surface area contributed by atoms with E-state index in [1.165, 1.54) is 0 Å². The molecule has 2 aromatic rings. The third-order valence-electron chi connectivity index (χ3n) is 7.23. The number of aromatic nitrogens is 2. The summed E-state index contributed by atoms with van der Waals surface area (Å²) in [7, 11) is -1.45. The Labute approximate surface area is 263 Å². The van der Waals surface area contributed by atoms with Crippen molar-refractivity contribution in [1.29, 1.82) is 0 Å². The maximum absolute atomic E-state index is 13.7. The summed E-state index contributed by atoms with van der Waals surface area (Å²) in [5.74, 6) is 0.210. The zero-order valence-electron chi connectivity index (χ0n) is 26.8. The lowest BCUT2D eigenvalue weighted by molar-refractivity contribution is -0.265. The second-order valence-corrected chi connectivity index (χ2v) is 21.5. The molecule has 17 heteroatoms. The van der Waals surface area contributed by atoms with Gasteiger partial charge in [0.15, 0.2) is 5.60 Å². The molecule has 45 heavy (non-hydrogen) atoms. The number of hydrogen-bond acceptors (Lipinski definition) is 6. The van der Waals surface area contributed by atoms with Crippen molar-refractivity contribution in [3.8, 4) is 0 Å². The van der Waals surface area contributed by atoms with Crippen molar-refractivity contribution in [2.75, 3.05) is 19.8 Å². The molecule has 2 amide bonds. The molecule has 0 radical (unpaired) electrons. The Hall–Kier alpha value is -2.05. The number of ether oxygens (including phenoxy) is 2. The average Bonchev–Trinajstić information content (AvgIpc) is 3.42. The minimum Gasteiger partial charge on any atom is -0.598 e. The van der Waals surface area contributed by atoms with E-state index in [9.17, 15) is 35.7 Å². The number of amides is 2. The number of carbonyl (C=O) groups is 1. The second kappa shape index (κ2) is 13.6. The normalized spacial score (nSPS) is 18.5. The van der Waals surface area contributed by atoms with Crippen LogP contribution in [0.4, 0.5) is 31.1 Å². The summed E-state index contributed by atoms with van der Waals surface area (Å²) in [6.07, 6.45) is -9.27. The molecule has 2 heterocycles. The number of urea groups is 1. The van der Waals surface area contributed by atoms with Crippen LogP contribution < -0.4 is 10.0 Å². The Morgan fingerprint density at radius 3 is 2.31 bits per heavy atom. The van der Waals surface area contributed by atoms with Gasteiger partial charge in [0.1, 0.15) is 29.4 Å². The first-order valence-corrected chi connectivity index (χ1v) is 19.3. The van der Waals surface area contributed by atoms with E-state index >= 15 is 0 Å². The highest BCUT2D eigenvalue weighted by Crippen LogP contribution is 2.35. The van der Waals surface area contributed by atoms with Crippen LogP contribution in [0, 0.1) is 0 Å². The monoisotopic (exact) mass is 687 g/mol. The number of rotatable bonds is 13. The van der Waals surface area contributed by atoms with Crippen LogP contribution in [0.15, 0.2) is 18.2 Å². The van der Waals surface area contributed by atoms with Gasteiger partial charge in [-0.15, -0.1) is 4.72 Å². The third kappa shape index (κ3) is 9.97. The second-order valence-electron chi connectivity index (χ2n) is 13.9. The molecule has 3 rings (SSSR count). The van der Waals surface area contributed by atoms with Gasteiger partial charge in [0.25, 0.3) is 0 Å². The summed E-state index contributed by atoms with van der Waals surface area (Å²) in [5.41, 5.74) is -1.12. The number of fused-ring (bicyclic) bond motifs is 1. The summed E-state index contributed by atoms with van der Waals surface area (Å²) in [6, 6.07) is 1.86. The number of carbonyl (C=O) groups excluding carboxylic acids is 1. The SMILES string of the molecule is CC(C)(C)[S@@+]([O-])N[C@@H](COC(C)(C)C(F)(F)F)c1nc2cc(CN3C[C@@H](C(F)(F)F)NC3=O)ccc2n1COCC[Si](C)(C)C. The van der Waals surface area contributed by atoms with Gasteiger partial charge >= 0.3 is 18.4 Å². The van der Waals surface area contributed by atoms with Crippen molar-refractivity contribution in [1.82, 2.24) is 24.5 Å². The van der Waals surface area contributed by atoms with Gasteiger partial charge in [0, 0.05) is 32.6 Å². The van der Waals surface area contributed by atoms with Gasteiger partial charge in [0.2, 0.25) is 0 Å². The smallest absolute Gasteiger partial charge is 0.416 e. The van der Waals surface area contributed by atoms with Crippen molar-refractivity contribution in [2.24, 2.45) is 0 Å². The van der Waals surface area contributed by atoms with Crippen molar-refractivity contribution in [3.05, 3.63) is 29.6 Å². The van der Waals surface area contributed by atoms with E-state index in [1.54, 1.807) is 43.5 Å². The lowest BCUT2D eigenvalue weighted by Gasteiger charge is -2.32. The van der Waals surface area contributed by atoms with Gasteiger partial charge in [-0.2, -0.15) is 26.3 Å². The number of nitrogens with one attached hydrogen (secondary N) is 2. The molecule has 1 aromatic heterocycles. The number of halogens is 6. The van der Waals surface area contributed by atoms with Gasteiger partial charge in [-0.25, -0.2) is 9.78 Å². The lowest BCUT2D eigenvalue weighted by atomic mass is 10.1. The van der Waals surface area contributed by atoms with E-state index in [0.29, 0.717) is 23.2 Å². The predicted molar refractivity (Wildman–Crippen MR) is 162 cm³/mol. The standard InChI is InChI=1S/C28H43F6N5O4SSi/c1-25(2,3)44(41)37-20(16-43-26(4,5)28(32,33)34)23-35-19-13-18(14-38-15-22(27(29,30)31)36-24(38)40)9-10-21(19)39(23)17-42-11-12-45(6,7)8/h9-10,13,20,22,37H,11-12,14-17H2,1-8H3,(H,36,40)/t20-,22-,44+/m0/s1. The van der Waals surface area contributed by atoms with E-state index in [-0.39, 0.29) is 19.1 Å². The maximum atomic E-state index is 13.7. The highest BCUT2D eigenvalue weighted by atomic mass is 32.2. The zero-order chi connectivity index (χ0) is 34.2. The predicted octanol–water partition coefficient (Wildman–Crippen LogP) is 6.26. The summed E-state index contributed by atoms with van der Waals surface area (Å²) in [6.45, 7) is 12.7. The molecule has 1 saturated heterocycles. The van der Waals surface area contributed by atoms with Crippen molar-refractivity contribution in [3.63, 3.8) is 0 Å². The van der Waals surface area contributed by atoms with Crippen LogP contribution in [0.5, 0.6) is 0 Å². The summed E-state index contributed by atoms with van der Waals surface area (Å²) < 4.78 is 109. The highest BCUT2D eigenvalue weighted by molar-refractivity contribution is 7.90. The third-order valence-corrected chi connectivity index (χ3v) is 10.5. The molecular formula is C28H43F6N5O4SSi. The topological polar surface area (TPSA) is 104 Å². The number of hydrogen-bond donors (Lipinski definition) is 2. The molecule has 3 atom stereocenters. The molecule has 1 aliphatic heterocycles. The molecule has 0 saturated carbocycles. The van der Waals surface area contributed by atoms with Gasteiger partial charge in [0.05, 0.1) is 24.2 Å². The van der Waals surface area contributed by atoms with Crippen LogP contribution in [0.25, 0.3) is 11.0 Å². The zero-order valence-corrected chi connectivity index (χ0v) is 28.6. The minimum absolute atomic E-state index is 0.0134. The molecule has 1 fully saturated rings. The molecule has 256 valence electrons. The van der Waals surface area contributed by atoms with Crippen LogP contribution in [-0.2, 0) is 34.1 Å². The molecule has 1 aromatic carbocycles. The van der Waals surface area contributed by atoms with E-state index in [2.05, 4.69) is 29.3 Å². The quantitative estimate of drug-likeness (QED) is 0.112. The Bertz CT molecular complexity index is 1330. The van der Waals surface area contributed by atoms with Crippen molar-refractivity contribution >= 4 is 36.5 Å². The molecule has 2 N–H and O–H groups in total. The fourth-order valence-corrected chi connectivity index (χ4v) is 5.74. The van der Waals surface area contributed by atoms with Gasteiger partial charge in [-0.05, 0) is 58.4 Å². The molecule has 0 bridgehead atoms. The van der Waals surface area contributed by atoms with Crippen LogP contribution in [0.3, 0.4) is 0 Å². The number of alkyl halides is 6. The van der Waals surface area contributed by atoms with E-state index in [1.807, 2.05) is 5.32 Å². The Morgan fingerprint density at radius 1 is 1.13 bits per heavy atom. The molecule has 0 spiro atoms. The Kier molecular flexibility index (Phi) is 11.3. The highest BCUT2D eigenvalue weighted by Gasteiger charge is 2.49. The number of nitrogens with zero attached hydrogens (tertiary/aromatic N) is 3. The molecular weight excluding hydrogens is 644 g/mol. The van der Waals surface area contributed by atoms with E-state index in [4.69, 9.17) is 9.47 Å². The largest absolute Gasteiger partial charge is 0.598 e. The number of imidazole rings is 1. The fourth-order valence-electron chi connectivity index (χ4n) is 4.20. The van der Waals surface area contributed by atoms with E-state index < -0.39 is 73.4 Å². The fraction of sp³-hybridized carbons (Fsp3) is 0.714. The van der Waals surface area contributed by atoms with Gasteiger partial charge < -0.3 is 28.8 Å². The molecule has 1 aliphatic rings. The summed E-state index contributed by atoms with van der Waals surface area (Å²) in [4.78, 5) is 17.9. The first kappa shape index (κ1) is 37.4. The van der Waals surface area contributed by atoms with Crippen LogP contribution in [0.2, 0.25) is 25.7 Å². The Balaban J connectivity index is 2.01. The van der Waals surface area contributed by atoms with Crippen molar-refractivity contribution < 1.29 is 45.2 Å². The molecule has 0 unspecified atom stereocenters. The van der Waals surface area contributed by atoms with Crippen LogP contribution in [0.1, 0.15) is 52.0 Å². The van der Waals surface area contributed by atoms with Crippen molar-refractivity contribution in [2.45, 2.75) is 108 Å². The van der Waals surface area contributed by atoms with Gasteiger partial charge in [-0.1, -0.05) is 25.7 Å². The summed E-state index contributed by atoms with van der Waals surface area (Å²) in [5, 5.41) is 1.93. The van der Waals surface area contributed by atoms with Crippen LogP contribution in [-0.4, -0.2) is 81.6 Å². The average molecular weight is 688 g/mol. The number of benzene rings is 1. The van der Waals surface area contributed by atoms with Gasteiger partial charge in [-0.3, -0.25) is 0 Å². The lowest BCUT2D eigenvalue weighted by Crippen LogP contribution is -2.47. The summed E-state index contributed by atoms with van der Waals surface area (Å²) >= 11 is -1.73. The minimum atomic E-state index is -4.68. The van der Waals surface area contributed by atoms with Crippen LogP contribution >= 0.6 is 0 Å². The first-order chi connectivity index (χ1) is 20.4. The molecule has 9 nitrogen and oxygen atoms in total. The molecule has 0 aliphatic carbocycles.